The largest absolute Gasteiger partial charge is 0.340 e. The summed E-state index contributed by atoms with van der Waals surface area (Å²) in [5, 5.41) is 3.00. The molecule has 0 aromatic carbocycles. The molecule has 5 nitrogen and oxygen atoms in total. The molecule has 5 heteroatoms. The maximum absolute atomic E-state index is 13.1. The minimum absolute atomic E-state index is 0.00902. The number of fused-ring (bicyclic) bond motifs is 3. The van der Waals surface area contributed by atoms with Gasteiger partial charge in [-0.05, 0) is 51.6 Å². The molecule has 4 aliphatic rings. The van der Waals surface area contributed by atoms with Gasteiger partial charge in [0, 0.05) is 12.6 Å². The molecule has 4 aliphatic heterocycles. The topological polar surface area (TPSA) is 52.7 Å². The van der Waals surface area contributed by atoms with Crippen LogP contribution in [-0.2, 0) is 9.59 Å². The Hall–Kier alpha value is -1.10. The highest BCUT2D eigenvalue weighted by Crippen LogP contribution is 2.35. The number of carbonyl (C=O) groups is 2. The second kappa shape index (κ2) is 5.27. The number of carbonyl (C=O) groups excluding carboxylic acids is 2. The van der Waals surface area contributed by atoms with E-state index in [1.807, 2.05) is 25.7 Å². The summed E-state index contributed by atoms with van der Waals surface area (Å²) < 4.78 is 0. The highest BCUT2D eigenvalue weighted by atomic mass is 16.2. The molecule has 4 saturated heterocycles. The van der Waals surface area contributed by atoms with E-state index >= 15 is 0 Å². The van der Waals surface area contributed by atoms with Crippen molar-refractivity contribution in [1.82, 2.24) is 15.1 Å². The molecule has 0 aliphatic carbocycles. The first-order chi connectivity index (χ1) is 10.0. The number of hydrogen-bond acceptors (Lipinski definition) is 3. The van der Waals surface area contributed by atoms with Gasteiger partial charge >= 0.3 is 0 Å². The summed E-state index contributed by atoms with van der Waals surface area (Å²) in [5.41, 5.74) is -0.685. The van der Waals surface area contributed by atoms with E-state index in [0.717, 1.165) is 32.5 Å². The number of nitrogens with one attached hydrogen (secondary N) is 1. The number of piperidine rings is 3. The van der Waals surface area contributed by atoms with Crippen LogP contribution >= 0.6 is 0 Å². The second-order valence-corrected chi connectivity index (χ2v) is 6.87. The van der Waals surface area contributed by atoms with Crippen molar-refractivity contribution in [2.24, 2.45) is 5.92 Å². The third-order valence-corrected chi connectivity index (χ3v) is 5.99. The Labute approximate surface area is 127 Å². The van der Waals surface area contributed by atoms with Crippen molar-refractivity contribution >= 4 is 11.8 Å². The molecule has 2 amide bonds. The third-order valence-electron chi connectivity index (χ3n) is 5.99. The molecule has 4 heterocycles. The van der Waals surface area contributed by atoms with E-state index in [0.29, 0.717) is 18.8 Å². The lowest BCUT2D eigenvalue weighted by Gasteiger charge is -2.54. The minimum Gasteiger partial charge on any atom is -0.340 e. The molecule has 4 fully saturated rings. The van der Waals surface area contributed by atoms with Crippen LogP contribution in [0.25, 0.3) is 0 Å². The molecule has 0 radical (unpaired) electrons. The van der Waals surface area contributed by atoms with Crippen molar-refractivity contribution in [3.05, 3.63) is 0 Å². The van der Waals surface area contributed by atoms with Crippen LogP contribution in [0.15, 0.2) is 0 Å². The first-order valence-electron chi connectivity index (χ1n) is 8.39. The van der Waals surface area contributed by atoms with Crippen molar-refractivity contribution in [2.45, 2.75) is 64.1 Å². The Balaban J connectivity index is 1.91. The molecule has 2 atom stereocenters. The van der Waals surface area contributed by atoms with Crippen LogP contribution in [0.5, 0.6) is 0 Å². The molecular weight excluding hydrogens is 266 g/mol. The van der Waals surface area contributed by atoms with Crippen molar-refractivity contribution in [1.29, 1.82) is 0 Å². The van der Waals surface area contributed by atoms with E-state index < -0.39 is 5.54 Å². The normalized spacial score (nSPS) is 38.5. The van der Waals surface area contributed by atoms with E-state index in [-0.39, 0.29) is 23.9 Å². The smallest absolute Gasteiger partial charge is 0.249 e. The summed E-state index contributed by atoms with van der Waals surface area (Å²) in [5.74, 6) is 0.715. The fourth-order valence-corrected chi connectivity index (χ4v) is 4.36. The fraction of sp³-hybridized carbons (Fsp3) is 0.875. The van der Waals surface area contributed by atoms with E-state index in [4.69, 9.17) is 0 Å². The summed E-state index contributed by atoms with van der Waals surface area (Å²) in [6.45, 7) is 9.10. The van der Waals surface area contributed by atoms with Crippen molar-refractivity contribution < 1.29 is 9.59 Å². The van der Waals surface area contributed by atoms with Crippen LogP contribution in [0.1, 0.15) is 46.5 Å². The lowest BCUT2D eigenvalue weighted by atomic mass is 9.79. The zero-order chi connectivity index (χ0) is 15.2. The zero-order valence-corrected chi connectivity index (χ0v) is 13.4. The molecule has 0 saturated carbocycles. The first-order valence-corrected chi connectivity index (χ1v) is 8.39. The molecule has 4 rings (SSSR count). The van der Waals surface area contributed by atoms with E-state index in [2.05, 4.69) is 10.2 Å². The van der Waals surface area contributed by atoms with Crippen molar-refractivity contribution in [2.75, 3.05) is 19.6 Å². The molecule has 0 spiro atoms. The predicted octanol–water partition coefficient (Wildman–Crippen LogP) is 0.986. The molecular formula is C16H27N3O2. The Bertz CT molecular complexity index is 439. The highest BCUT2D eigenvalue weighted by molar-refractivity contribution is 5.99. The third kappa shape index (κ3) is 2.17. The standard InChI is InChI=1S/C16H27N3O2/c1-4-16(5-2)15(21)19(11(3)14(20)17-16)13-10-18-8-6-12(13)7-9-18/h11-13H,4-10H2,1-3H3,(H,17,20). The quantitative estimate of drug-likeness (QED) is 0.844. The summed E-state index contributed by atoms with van der Waals surface area (Å²) >= 11 is 0. The van der Waals surface area contributed by atoms with Gasteiger partial charge in [0.2, 0.25) is 11.8 Å². The number of hydrogen-bond donors (Lipinski definition) is 1. The maximum atomic E-state index is 13.1. The number of piperazine rings is 1. The lowest BCUT2D eigenvalue weighted by molar-refractivity contribution is -0.162. The average Bonchev–Trinajstić information content (AvgIpc) is 2.52. The number of rotatable bonds is 3. The number of amides is 2. The Kier molecular flexibility index (Phi) is 3.72. The molecule has 0 aromatic heterocycles. The second-order valence-electron chi connectivity index (χ2n) is 6.87. The SMILES string of the molecule is CCC1(CC)NC(=O)C(C)N(C2CN3CCC2CC3)C1=O. The summed E-state index contributed by atoms with van der Waals surface area (Å²) in [6.07, 6.45) is 3.65. The van der Waals surface area contributed by atoms with Crippen LogP contribution in [0.3, 0.4) is 0 Å². The van der Waals surface area contributed by atoms with E-state index in [1.165, 1.54) is 0 Å². The Morgan fingerprint density at radius 2 is 1.81 bits per heavy atom. The van der Waals surface area contributed by atoms with Gasteiger partial charge in [0.25, 0.3) is 0 Å². The molecule has 118 valence electrons. The van der Waals surface area contributed by atoms with Gasteiger partial charge in [-0.25, -0.2) is 0 Å². The van der Waals surface area contributed by atoms with Gasteiger partial charge in [0.15, 0.2) is 0 Å². The van der Waals surface area contributed by atoms with Gasteiger partial charge in [-0.3, -0.25) is 9.59 Å². The zero-order valence-electron chi connectivity index (χ0n) is 13.4. The van der Waals surface area contributed by atoms with Crippen LogP contribution < -0.4 is 5.32 Å². The Morgan fingerprint density at radius 3 is 2.29 bits per heavy atom. The number of nitrogens with zero attached hydrogens (tertiary/aromatic N) is 2. The van der Waals surface area contributed by atoms with Crippen LogP contribution in [0.4, 0.5) is 0 Å². The van der Waals surface area contributed by atoms with Gasteiger partial charge < -0.3 is 15.1 Å². The monoisotopic (exact) mass is 293 g/mol. The molecule has 1 N–H and O–H groups in total. The average molecular weight is 293 g/mol. The van der Waals surface area contributed by atoms with Gasteiger partial charge in [-0.2, -0.15) is 0 Å². The summed E-state index contributed by atoms with van der Waals surface area (Å²) in [6, 6.07) is -0.118. The molecule has 0 aromatic rings. The van der Waals surface area contributed by atoms with Crippen molar-refractivity contribution in [3.63, 3.8) is 0 Å². The van der Waals surface area contributed by atoms with Crippen molar-refractivity contribution in [3.8, 4) is 0 Å². The molecule has 2 bridgehead atoms. The van der Waals surface area contributed by atoms with E-state index in [9.17, 15) is 9.59 Å². The van der Waals surface area contributed by atoms with Crippen LogP contribution in [0.2, 0.25) is 0 Å². The maximum Gasteiger partial charge on any atom is 0.249 e. The Morgan fingerprint density at radius 1 is 1.19 bits per heavy atom. The summed E-state index contributed by atoms with van der Waals surface area (Å²) in [4.78, 5) is 29.9. The van der Waals surface area contributed by atoms with Gasteiger partial charge in [0.05, 0.1) is 0 Å². The molecule has 21 heavy (non-hydrogen) atoms. The van der Waals surface area contributed by atoms with Gasteiger partial charge in [0.1, 0.15) is 11.6 Å². The minimum atomic E-state index is -0.685. The first kappa shape index (κ1) is 14.8. The fourth-order valence-electron chi connectivity index (χ4n) is 4.36. The summed E-state index contributed by atoms with van der Waals surface area (Å²) in [7, 11) is 0. The predicted molar refractivity (Wildman–Crippen MR) is 80.7 cm³/mol. The highest BCUT2D eigenvalue weighted by Gasteiger charge is 2.52. The molecule has 2 unspecified atom stereocenters. The van der Waals surface area contributed by atoms with Gasteiger partial charge in [-0.15, -0.1) is 0 Å². The lowest BCUT2D eigenvalue weighted by Crippen LogP contribution is -2.74. The van der Waals surface area contributed by atoms with Crippen LogP contribution in [-0.4, -0.2) is 58.9 Å². The van der Waals surface area contributed by atoms with Crippen LogP contribution in [0, 0.1) is 5.92 Å². The van der Waals surface area contributed by atoms with E-state index in [1.54, 1.807) is 0 Å². The van der Waals surface area contributed by atoms with Gasteiger partial charge in [-0.1, -0.05) is 13.8 Å².